The van der Waals surface area contributed by atoms with E-state index in [1.54, 1.807) is 0 Å². The van der Waals surface area contributed by atoms with E-state index < -0.39 is 20.7 Å². The van der Waals surface area contributed by atoms with Gasteiger partial charge in [0.05, 0.1) is 4.47 Å². The van der Waals surface area contributed by atoms with Gasteiger partial charge in [-0.2, -0.15) is 0 Å². The van der Waals surface area contributed by atoms with E-state index in [0.29, 0.717) is 6.07 Å². The number of nitrogens with two attached hydrogens (primary N) is 1. The molecular weight excluding hydrogens is 265 g/mol. The standard InChI is InChI=1S/C6H5BrFNO3S/c7-3-1-6(13(9,11)12)4(8)2-5(3)10/h1-2,10H,(H2,9,11,12). The Kier molecular flexibility index (Phi) is 2.60. The summed E-state index contributed by atoms with van der Waals surface area (Å²) in [6.45, 7) is 0. The van der Waals surface area contributed by atoms with Crippen molar-refractivity contribution in [3.63, 3.8) is 0 Å². The summed E-state index contributed by atoms with van der Waals surface area (Å²) in [6, 6.07) is 1.57. The maximum Gasteiger partial charge on any atom is 0.241 e. The van der Waals surface area contributed by atoms with Gasteiger partial charge in [0.1, 0.15) is 16.5 Å². The van der Waals surface area contributed by atoms with Crippen molar-refractivity contribution in [1.82, 2.24) is 0 Å². The lowest BCUT2D eigenvalue weighted by Gasteiger charge is -2.02. The number of aromatic hydroxyl groups is 1. The van der Waals surface area contributed by atoms with Crippen molar-refractivity contribution in [1.29, 1.82) is 0 Å². The first-order chi connectivity index (χ1) is 5.82. The fourth-order valence-corrected chi connectivity index (χ4v) is 1.84. The van der Waals surface area contributed by atoms with E-state index in [1.807, 2.05) is 0 Å². The van der Waals surface area contributed by atoms with Gasteiger partial charge in [-0.1, -0.05) is 0 Å². The van der Waals surface area contributed by atoms with Crippen molar-refractivity contribution in [2.24, 2.45) is 5.14 Å². The number of halogens is 2. The summed E-state index contributed by atoms with van der Waals surface area (Å²) in [5, 5.41) is 13.7. The molecule has 0 heterocycles. The van der Waals surface area contributed by atoms with Gasteiger partial charge in [-0.25, -0.2) is 17.9 Å². The Hall–Kier alpha value is -0.660. The van der Waals surface area contributed by atoms with Crippen LogP contribution < -0.4 is 5.14 Å². The summed E-state index contributed by atoms with van der Waals surface area (Å²) in [5.74, 6) is -1.46. The molecule has 0 radical (unpaired) electrons. The first-order valence-corrected chi connectivity index (χ1v) is 5.37. The minimum absolute atomic E-state index is 0.0675. The minimum Gasteiger partial charge on any atom is -0.507 e. The predicted octanol–water partition coefficient (Wildman–Crippen LogP) is 0.941. The average Bonchev–Trinajstić information content (AvgIpc) is 1.94. The average molecular weight is 270 g/mol. The number of primary sulfonamides is 1. The molecule has 0 spiro atoms. The molecule has 1 rings (SSSR count). The molecule has 7 heteroatoms. The van der Waals surface area contributed by atoms with Gasteiger partial charge in [0.15, 0.2) is 0 Å². The molecule has 0 unspecified atom stereocenters. The Morgan fingerprint density at radius 3 is 2.46 bits per heavy atom. The lowest BCUT2D eigenvalue weighted by atomic mass is 10.3. The summed E-state index contributed by atoms with van der Waals surface area (Å²) < 4.78 is 34.5. The Morgan fingerprint density at radius 2 is 2.00 bits per heavy atom. The van der Waals surface area contributed by atoms with E-state index in [-0.39, 0.29) is 10.2 Å². The molecule has 0 amide bonds. The quantitative estimate of drug-likeness (QED) is 0.796. The van der Waals surface area contributed by atoms with Gasteiger partial charge in [0.2, 0.25) is 10.0 Å². The largest absolute Gasteiger partial charge is 0.507 e. The molecule has 0 fully saturated rings. The van der Waals surface area contributed by atoms with Gasteiger partial charge in [0, 0.05) is 6.07 Å². The zero-order valence-corrected chi connectivity index (χ0v) is 8.56. The molecule has 0 aliphatic rings. The van der Waals surface area contributed by atoms with Crippen LogP contribution in [0.4, 0.5) is 4.39 Å². The third kappa shape index (κ3) is 2.17. The molecule has 0 bridgehead atoms. The van der Waals surface area contributed by atoms with Crippen molar-refractivity contribution >= 4 is 26.0 Å². The molecule has 0 saturated carbocycles. The highest BCUT2D eigenvalue weighted by Gasteiger charge is 2.16. The van der Waals surface area contributed by atoms with Crippen LogP contribution in [0.3, 0.4) is 0 Å². The van der Waals surface area contributed by atoms with Crippen LogP contribution in [-0.4, -0.2) is 13.5 Å². The fraction of sp³-hybridized carbons (Fsp3) is 0. The van der Waals surface area contributed by atoms with E-state index in [9.17, 15) is 12.8 Å². The molecule has 1 aromatic carbocycles. The molecular formula is C6H5BrFNO3S. The van der Waals surface area contributed by atoms with Gasteiger partial charge in [0.25, 0.3) is 0 Å². The first kappa shape index (κ1) is 10.4. The zero-order chi connectivity index (χ0) is 10.2. The summed E-state index contributed by atoms with van der Waals surface area (Å²) in [7, 11) is -4.09. The monoisotopic (exact) mass is 269 g/mol. The molecule has 13 heavy (non-hydrogen) atoms. The normalized spacial score (nSPS) is 11.6. The van der Waals surface area contributed by atoms with E-state index in [1.165, 1.54) is 0 Å². The maximum absolute atomic E-state index is 12.9. The fourth-order valence-electron chi connectivity index (χ4n) is 0.736. The SMILES string of the molecule is NS(=O)(=O)c1cc(Br)c(O)cc1F. The van der Waals surface area contributed by atoms with Gasteiger partial charge >= 0.3 is 0 Å². The molecule has 0 aliphatic carbocycles. The first-order valence-electron chi connectivity index (χ1n) is 3.03. The number of phenols is 1. The van der Waals surface area contributed by atoms with Crippen molar-refractivity contribution in [2.75, 3.05) is 0 Å². The lowest BCUT2D eigenvalue weighted by Crippen LogP contribution is -2.13. The molecule has 0 aromatic heterocycles. The lowest BCUT2D eigenvalue weighted by molar-refractivity contribution is 0.462. The number of hydrogen-bond donors (Lipinski definition) is 2. The van der Waals surface area contributed by atoms with Crippen LogP contribution >= 0.6 is 15.9 Å². The van der Waals surface area contributed by atoms with Crippen LogP contribution in [0.25, 0.3) is 0 Å². The molecule has 0 aliphatic heterocycles. The Labute approximate surface area is 82.4 Å². The highest BCUT2D eigenvalue weighted by atomic mass is 79.9. The van der Waals surface area contributed by atoms with Crippen molar-refractivity contribution in [3.8, 4) is 5.75 Å². The smallest absolute Gasteiger partial charge is 0.241 e. The predicted molar refractivity (Wildman–Crippen MR) is 47.1 cm³/mol. The van der Waals surface area contributed by atoms with Crippen LogP contribution in [0.1, 0.15) is 0 Å². The van der Waals surface area contributed by atoms with E-state index in [2.05, 4.69) is 15.9 Å². The third-order valence-electron chi connectivity index (χ3n) is 1.31. The van der Waals surface area contributed by atoms with Crippen LogP contribution in [0.15, 0.2) is 21.5 Å². The highest BCUT2D eigenvalue weighted by molar-refractivity contribution is 9.10. The number of benzene rings is 1. The molecule has 0 saturated heterocycles. The van der Waals surface area contributed by atoms with Crippen LogP contribution in [0.2, 0.25) is 0 Å². The summed E-state index contributed by atoms with van der Waals surface area (Å²) in [5.41, 5.74) is 0. The Bertz CT molecular complexity index is 445. The molecule has 72 valence electrons. The van der Waals surface area contributed by atoms with Gasteiger partial charge < -0.3 is 5.11 Å². The molecule has 1 aromatic rings. The minimum atomic E-state index is -4.09. The second kappa shape index (κ2) is 3.24. The number of phenolic OH excluding ortho intramolecular Hbond substituents is 1. The molecule has 3 N–H and O–H groups in total. The van der Waals surface area contributed by atoms with Gasteiger partial charge in [-0.05, 0) is 22.0 Å². The van der Waals surface area contributed by atoms with Crippen molar-refractivity contribution < 1.29 is 17.9 Å². The number of hydrogen-bond acceptors (Lipinski definition) is 3. The highest BCUT2D eigenvalue weighted by Crippen LogP contribution is 2.28. The summed E-state index contributed by atoms with van der Waals surface area (Å²) >= 11 is 2.84. The molecule has 4 nitrogen and oxygen atoms in total. The second-order valence-corrected chi connectivity index (χ2v) is 4.66. The topological polar surface area (TPSA) is 80.4 Å². The zero-order valence-electron chi connectivity index (χ0n) is 6.16. The van der Waals surface area contributed by atoms with Crippen LogP contribution in [0.5, 0.6) is 5.75 Å². The van der Waals surface area contributed by atoms with Crippen molar-refractivity contribution in [2.45, 2.75) is 4.90 Å². The second-order valence-electron chi connectivity index (χ2n) is 2.28. The summed E-state index contributed by atoms with van der Waals surface area (Å²) in [6.07, 6.45) is 0. The number of rotatable bonds is 1. The van der Waals surface area contributed by atoms with Crippen LogP contribution in [0, 0.1) is 5.82 Å². The van der Waals surface area contributed by atoms with E-state index in [0.717, 1.165) is 6.07 Å². The number of sulfonamides is 1. The van der Waals surface area contributed by atoms with Crippen LogP contribution in [-0.2, 0) is 10.0 Å². The van der Waals surface area contributed by atoms with Gasteiger partial charge in [-0.15, -0.1) is 0 Å². The summed E-state index contributed by atoms with van der Waals surface area (Å²) in [4.78, 5) is -0.655. The Balaban J connectivity index is 3.50. The van der Waals surface area contributed by atoms with Crippen molar-refractivity contribution in [3.05, 3.63) is 22.4 Å². The van der Waals surface area contributed by atoms with Gasteiger partial charge in [-0.3, -0.25) is 0 Å². The Morgan fingerprint density at radius 1 is 1.46 bits per heavy atom. The van der Waals surface area contributed by atoms with E-state index in [4.69, 9.17) is 10.2 Å². The molecule has 0 atom stereocenters. The third-order valence-corrected chi connectivity index (χ3v) is 2.87. The maximum atomic E-state index is 12.9. The van der Waals surface area contributed by atoms with E-state index >= 15 is 0 Å².